The van der Waals surface area contributed by atoms with Crippen molar-refractivity contribution in [3.05, 3.63) is 47.0 Å². The van der Waals surface area contributed by atoms with Crippen molar-refractivity contribution in [3.8, 4) is 22.4 Å². The van der Waals surface area contributed by atoms with Crippen molar-refractivity contribution < 1.29 is 23.6 Å². The number of carbonyl (C=O) groups excluding carboxylic acids is 2. The average molecular weight is 655 g/mol. The quantitative estimate of drug-likeness (QED) is 0.150. The molecule has 1 fully saturated rings. The number of ether oxygens (including phenoxy) is 1. The molecule has 12 heteroatoms. The van der Waals surface area contributed by atoms with E-state index in [1.165, 1.54) is 21.4 Å². The molecule has 45 heavy (non-hydrogen) atoms. The molecular formula is C33H47BN4O5S2. The number of amides is 2. The summed E-state index contributed by atoms with van der Waals surface area (Å²) in [6.07, 6.45) is 4.40. The third-order valence-corrected chi connectivity index (χ3v) is 9.67. The minimum atomic E-state index is -0.369. The Morgan fingerprint density at radius 3 is 2.18 bits per heavy atom. The molecule has 5 rings (SSSR count). The van der Waals surface area contributed by atoms with Gasteiger partial charge in [0, 0.05) is 41.9 Å². The van der Waals surface area contributed by atoms with Crippen LogP contribution in [0.4, 0.5) is 0 Å². The van der Waals surface area contributed by atoms with Gasteiger partial charge in [-0.25, -0.2) is 4.98 Å². The zero-order valence-corrected chi connectivity index (χ0v) is 29.6. The van der Waals surface area contributed by atoms with Gasteiger partial charge < -0.3 is 29.2 Å². The predicted molar refractivity (Wildman–Crippen MR) is 187 cm³/mol. The van der Waals surface area contributed by atoms with Crippen molar-refractivity contribution >= 4 is 57.0 Å². The van der Waals surface area contributed by atoms with E-state index >= 15 is 0 Å². The number of nitrogens with one attached hydrogen (secondary N) is 2. The van der Waals surface area contributed by atoms with Crippen LogP contribution in [0.15, 0.2) is 41.2 Å². The summed E-state index contributed by atoms with van der Waals surface area (Å²) < 4.78 is 19.3. The van der Waals surface area contributed by atoms with E-state index in [1.807, 2.05) is 6.92 Å². The minimum absolute atomic E-state index is 0.0171. The molecule has 0 aliphatic carbocycles. The van der Waals surface area contributed by atoms with E-state index in [1.54, 1.807) is 48.0 Å². The van der Waals surface area contributed by atoms with Crippen molar-refractivity contribution in [2.24, 2.45) is 0 Å². The number of thiophene rings is 2. The second-order valence-electron chi connectivity index (χ2n) is 11.8. The van der Waals surface area contributed by atoms with Gasteiger partial charge in [0.05, 0.1) is 40.9 Å². The molecule has 4 heterocycles. The summed E-state index contributed by atoms with van der Waals surface area (Å²) in [5, 5.41) is 6.81. The fourth-order valence-corrected chi connectivity index (χ4v) is 7.01. The van der Waals surface area contributed by atoms with Crippen LogP contribution in [0, 0.1) is 0 Å². The second-order valence-corrected chi connectivity index (χ2v) is 13.6. The van der Waals surface area contributed by atoms with Gasteiger partial charge in [0.15, 0.2) is 0 Å². The van der Waals surface area contributed by atoms with Crippen LogP contribution in [0.25, 0.3) is 31.8 Å². The number of hydrogen-bond acceptors (Lipinski definition) is 8. The van der Waals surface area contributed by atoms with Gasteiger partial charge in [0.2, 0.25) is 12.3 Å². The smallest absolute Gasteiger partial charge is 0.399 e. The maximum Gasteiger partial charge on any atom is 0.497 e. The molecule has 9 nitrogen and oxygen atoms in total. The Bertz CT molecular complexity index is 1490. The first-order valence-corrected chi connectivity index (χ1v) is 17.1. The standard InChI is InChI=1S/C28H33BN4O4S2.C3H8.C2H6O/c1-6-11-33(24(35)13-30-17-34)14-23-31-12-22(32-23)19-9-7-18(8-10-19)20-15-38-26-21(16-39-25(20)26)29-36-27(2,3)28(4,5)37-29;2*1-3-2/h7-10,12,15-17H,6,11,13-14H2,1-5H3,(H,30,34)(H,31,32);3H2,1-2H3;1-2H3. The van der Waals surface area contributed by atoms with Crippen molar-refractivity contribution in [2.45, 2.75) is 79.1 Å². The number of H-pyrrole nitrogens is 1. The van der Waals surface area contributed by atoms with Crippen molar-refractivity contribution in [2.75, 3.05) is 27.3 Å². The van der Waals surface area contributed by atoms with E-state index in [2.05, 4.69) is 96.6 Å². The number of rotatable bonds is 10. The maximum absolute atomic E-state index is 12.4. The Morgan fingerprint density at radius 2 is 1.60 bits per heavy atom. The summed E-state index contributed by atoms with van der Waals surface area (Å²) in [5.41, 5.74) is 4.62. The molecule has 1 aromatic carbocycles. The zero-order valence-electron chi connectivity index (χ0n) is 28.0. The average Bonchev–Trinajstić information content (AvgIpc) is 3.76. The Hall–Kier alpha value is -3.03. The topological polar surface area (TPSA) is 106 Å². The number of benzene rings is 1. The summed E-state index contributed by atoms with van der Waals surface area (Å²) in [5.74, 6) is 0.568. The van der Waals surface area contributed by atoms with Gasteiger partial charge in [-0.3, -0.25) is 9.59 Å². The lowest BCUT2D eigenvalue weighted by atomic mass is 9.81. The molecule has 0 saturated carbocycles. The largest absolute Gasteiger partial charge is 0.497 e. The molecule has 1 aliphatic heterocycles. The van der Waals surface area contributed by atoms with Gasteiger partial charge in [-0.2, -0.15) is 0 Å². The highest BCUT2D eigenvalue weighted by Crippen LogP contribution is 2.41. The van der Waals surface area contributed by atoms with E-state index in [4.69, 9.17) is 9.31 Å². The number of nitrogens with zero attached hydrogens (tertiary/aromatic N) is 2. The molecule has 2 N–H and O–H groups in total. The Balaban J connectivity index is 0.000000853. The number of aromatic amines is 1. The van der Waals surface area contributed by atoms with Crippen LogP contribution in [0.3, 0.4) is 0 Å². The molecule has 1 saturated heterocycles. The van der Waals surface area contributed by atoms with Crippen LogP contribution in [0.5, 0.6) is 0 Å². The summed E-state index contributed by atoms with van der Waals surface area (Å²) in [6, 6.07) is 8.43. The van der Waals surface area contributed by atoms with Gasteiger partial charge in [0.1, 0.15) is 5.82 Å². The zero-order chi connectivity index (χ0) is 33.2. The maximum atomic E-state index is 12.4. The SMILES string of the molecule is CCC.CCCN(Cc1ncc(-c2ccc(-c3csc4c(B5OC(C)(C)C(C)(C)O5)csc34)cc2)[nH]1)C(=O)CNC=O.COC. The van der Waals surface area contributed by atoms with Crippen LogP contribution in [-0.4, -0.2) is 72.8 Å². The minimum Gasteiger partial charge on any atom is -0.399 e. The van der Waals surface area contributed by atoms with Gasteiger partial charge in [-0.1, -0.05) is 51.5 Å². The highest BCUT2D eigenvalue weighted by atomic mass is 32.1. The first-order chi connectivity index (χ1) is 21.5. The molecular weight excluding hydrogens is 607 g/mol. The molecule has 0 radical (unpaired) electrons. The lowest BCUT2D eigenvalue weighted by Crippen LogP contribution is -2.41. The fourth-order valence-electron chi connectivity index (χ4n) is 4.57. The number of fused-ring (bicyclic) bond motifs is 1. The summed E-state index contributed by atoms with van der Waals surface area (Å²) in [6.45, 7) is 15.5. The Kier molecular flexibility index (Phi) is 13.4. The number of carbonyl (C=O) groups is 2. The van der Waals surface area contributed by atoms with Gasteiger partial charge in [-0.05, 0) is 50.6 Å². The summed E-state index contributed by atoms with van der Waals surface area (Å²) in [7, 11) is 2.89. The van der Waals surface area contributed by atoms with E-state index < -0.39 is 0 Å². The Labute approximate surface area is 275 Å². The van der Waals surface area contributed by atoms with E-state index in [9.17, 15) is 9.59 Å². The lowest BCUT2D eigenvalue weighted by Gasteiger charge is -2.32. The molecule has 0 atom stereocenters. The Morgan fingerprint density at radius 1 is 1.02 bits per heavy atom. The predicted octanol–water partition coefficient (Wildman–Crippen LogP) is 6.48. The van der Waals surface area contributed by atoms with Crippen LogP contribution < -0.4 is 10.8 Å². The van der Waals surface area contributed by atoms with Gasteiger partial charge >= 0.3 is 7.12 Å². The lowest BCUT2D eigenvalue weighted by molar-refractivity contribution is -0.132. The second kappa shape index (κ2) is 16.5. The van der Waals surface area contributed by atoms with Crippen LogP contribution >= 0.6 is 22.7 Å². The van der Waals surface area contributed by atoms with E-state index in [0.29, 0.717) is 25.3 Å². The molecule has 2 amide bonds. The van der Waals surface area contributed by atoms with Crippen molar-refractivity contribution in [3.63, 3.8) is 0 Å². The summed E-state index contributed by atoms with van der Waals surface area (Å²) >= 11 is 3.46. The van der Waals surface area contributed by atoms with Crippen molar-refractivity contribution in [1.82, 2.24) is 20.2 Å². The van der Waals surface area contributed by atoms with Crippen LogP contribution in [0.2, 0.25) is 0 Å². The van der Waals surface area contributed by atoms with E-state index in [-0.39, 0.29) is 30.8 Å². The number of imidazole rings is 1. The molecule has 244 valence electrons. The number of hydrogen-bond donors (Lipinski definition) is 2. The highest BCUT2D eigenvalue weighted by molar-refractivity contribution is 7.29. The molecule has 3 aromatic heterocycles. The first kappa shape index (κ1) is 36.4. The molecule has 0 unspecified atom stereocenters. The summed E-state index contributed by atoms with van der Waals surface area (Å²) in [4.78, 5) is 32.5. The van der Waals surface area contributed by atoms with E-state index in [0.717, 1.165) is 28.7 Å². The number of methoxy groups -OCH3 is 1. The third kappa shape index (κ3) is 8.83. The van der Waals surface area contributed by atoms with Crippen LogP contribution in [0.1, 0.15) is 67.1 Å². The normalized spacial score (nSPS) is 14.7. The van der Waals surface area contributed by atoms with Crippen molar-refractivity contribution in [1.29, 1.82) is 0 Å². The molecule has 0 bridgehead atoms. The molecule has 0 spiro atoms. The molecule has 4 aromatic rings. The van der Waals surface area contributed by atoms with Gasteiger partial charge in [-0.15, -0.1) is 22.7 Å². The van der Waals surface area contributed by atoms with Gasteiger partial charge in [0.25, 0.3) is 0 Å². The fraction of sp³-hybridized carbons (Fsp3) is 0.485. The first-order valence-electron chi connectivity index (χ1n) is 15.3. The monoisotopic (exact) mass is 654 g/mol. The highest BCUT2D eigenvalue weighted by Gasteiger charge is 2.52. The third-order valence-electron chi connectivity index (χ3n) is 7.48. The number of aromatic nitrogens is 2. The molecule has 1 aliphatic rings. The van der Waals surface area contributed by atoms with Crippen LogP contribution in [-0.2, 0) is 30.2 Å².